The van der Waals surface area contributed by atoms with Crippen molar-refractivity contribution in [3.8, 4) is 11.6 Å². The van der Waals surface area contributed by atoms with Crippen molar-refractivity contribution in [2.75, 3.05) is 6.26 Å². The molecule has 0 unspecified atom stereocenters. The molecule has 1 N–H and O–H groups in total. The van der Waals surface area contributed by atoms with Crippen molar-refractivity contribution in [3.63, 3.8) is 0 Å². The van der Waals surface area contributed by atoms with Crippen LogP contribution in [0.1, 0.15) is 15.9 Å². The Morgan fingerprint density at radius 3 is 2.57 bits per heavy atom. The van der Waals surface area contributed by atoms with Crippen LogP contribution in [0.4, 0.5) is 0 Å². The summed E-state index contributed by atoms with van der Waals surface area (Å²) in [7, 11) is -3.50. The van der Waals surface area contributed by atoms with Gasteiger partial charge in [0.05, 0.1) is 5.56 Å². The largest absolute Gasteiger partial charge is 0.478 e. The van der Waals surface area contributed by atoms with Crippen molar-refractivity contribution in [1.29, 1.82) is 0 Å². The molecule has 0 spiro atoms. The highest BCUT2D eigenvalue weighted by Crippen LogP contribution is 2.29. The molecule has 0 amide bonds. The van der Waals surface area contributed by atoms with Gasteiger partial charge in [-0.1, -0.05) is 6.07 Å². The molecular weight excluding hydrogens is 294 g/mol. The van der Waals surface area contributed by atoms with Gasteiger partial charge in [-0.15, -0.1) is 0 Å². The quantitative estimate of drug-likeness (QED) is 0.931. The van der Waals surface area contributed by atoms with E-state index in [-0.39, 0.29) is 22.1 Å². The molecule has 1 aromatic carbocycles. The van der Waals surface area contributed by atoms with Crippen LogP contribution in [0, 0.1) is 6.92 Å². The number of pyridine rings is 1. The van der Waals surface area contributed by atoms with Crippen molar-refractivity contribution in [2.24, 2.45) is 0 Å². The highest BCUT2D eigenvalue weighted by Gasteiger charge is 2.18. The molecule has 0 bridgehead atoms. The van der Waals surface area contributed by atoms with Crippen LogP contribution >= 0.6 is 0 Å². The number of aromatic nitrogens is 1. The third kappa shape index (κ3) is 3.19. The van der Waals surface area contributed by atoms with Gasteiger partial charge in [0.15, 0.2) is 9.84 Å². The van der Waals surface area contributed by atoms with Gasteiger partial charge in [0, 0.05) is 18.0 Å². The minimum Gasteiger partial charge on any atom is -0.478 e. The number of nitrogens with zero attached hydrogens (tertiary/aromatic N) is 1. The van der Waals surface area contributed by atoms with Gasteiger partial charge in [0.25, 0.3) is 0 Å². The Morgan fingerprint density at radius 1 is 1.24 bits per heavy atom. The first-order valence-corrected chi connectivity index (χ1v) is 7.85. The number of rotatable bonds is 4. The second-order valence-electron chi connectivity index (χ2n) is 4.41. The second kappa shape index (κ2) is 5.53. The zero-order chi connectivity index (χ0) is 15.6. The van der Waals surface area contributed by atoms with E-state index in [0.29, 0.717) is 5.56 Å². The minimum absolute atomic E-state index is 0.0508. The van der Waals surface area contributed by atoms with E-state index in [1.165, 1.54) is 30.5 Å². The summed E-state index contributed by atoms with van der Waals surface area (Å²) in [5.74, 6) is -0.911. The van der Waals surface area contributed by atoms with Gasteiger partial charge in [-0.3, -0.25) is 0 Å². The molecule has 6 nitrogen and oxygen atoms in total. The van der Waals surface area contributed by atoms with E-state index in [1.54, 1.807) is 13.0 Å². The fourth-order valence-corrected chi connectivity index (χ4v) is 2.53. The first kappa shape index (κ1) is 15.0. The standard InChI is InChI=1S/C14H13NO5S/c1-9-10(14(16)17)5-3-6-11(9)20-13-12(21(2,18)19)7-4-8-15-13/h3-8H,1-2H3,(H,16,17). The van der Waals surface area contributed by atoms with Gasteiger partial charge in [-0.05, 0) is 31.2 Å². The molecule has 0 saturated heterocycles. The van der Waals surface area contributed by atoms with Gasteiger partial charge in [-0.2, -0.15) is 0 Å². The summed E-state index contributed by atoms with van der Waals surface area (Å²) in [4.78, 5) is 14.9. The van der Waals surface area contributed by atoms with Crippen molar-refractivity contribution in [1.82, 2.24) is 4.98 Å². The van der Waals surface area contributed by atoms with E-state index < -0.39 is 15.8 Å². The Morgan fingerprint density at radius 2 is 1.95 bits per heavy atom. The van der Waals surface area contributed by atoms with E-state index >= 15 is 0 Å². The molecule has 0 fully saturated rings. The van der Waals surface area contributed by atoms with Gasteiger partial charge in [-0.25, -0.2) is 18.2 Å². The molecule has 110 valence electrons. The van der Waals surface area contributed by atoms with Gasteiger partial charge < -0.3 is 9.84 Å². The zero-order valence-corrected chi connectivity index (χ0v) is 12.2. The van der Waals surface area contributed by atoms with Crippen LogP contribution in [0.3, 0.4) is 0 Å². The van der Waals surface area contributed by atoms with Gasteiger partial charge in [0.2, 0.25) is 5.88 Å². The molecular formula is C14H13NO5S. The number of carboxylic acid groups (broad SMARTS) is 1. The molecule has 0 aliphatic carbocycles. The van der Waals surface area contributed by atoms with Crippen LogP contribution in [-0.4, -0.2) is 30.7 Å². The number of ether oxygens (including phenoxy) is 1. The summed E-state index contributed by atoms with van der Waals surface area (Å²) in [6.07, 6.45) is 2.46. The number of sulfone groups is 1. The van der Waals surface area contributed by atoms with E-state index in [2.05, 4.69) is 4.98 Å². The first-order valence-electron chi connectivity index (χ1n) is 5.96. The van der Waals surface area contributed by atoms with Crippen LogP contribution in [0.2, 0.25) is 0 Å². The van der Waals surface area contributed by atoms with E-state index in [1.807, 2.05) is 0 Å². The Bertz CT molecular complexity index is 799. The highest BCUT2D eigenvalue weighted by molar-refractivity contribution is 7.90. The third-order valence-electron chi connectivity index (χ3n) is 2.86. The Balaban J connectivity index is 2.50. The smallest absolute Gasteiger partial charge is 0.336 e. The Labute approximate surface area is 121 Å². The predicted octanol–water partition coefficient (Wildman–Crippen LogP) is 2.28. The number of aromatic carboxylic acids is 1. The maximum absolute atomic E-state index is 11.7. The zero-order valence-electron chi connectivity index (χ0n) is 11.4. The van der Waals surface area contributed by atoms with E-state index in [9.17, 15) is 13.2 Å². The van der Waals surface area contributed by atoms with Gasteiger partial charge >= 0.3 is 5.97 Å². The maximum Gasteiger partial charge on any atom is 0.336 e. The molecule has 2 aromatic rings. The SMILES string of the molecule is Cc1c(Oc2ncccc2S(C)(=O)=O)cccc1C(=O)O. The average molecular weight is 307 g/mol. The topological polar surface area (TPSA) is 93.6 Å². The van der Waals surface area contributed by atoms with Gasteiger partial charge in [0.1, 0.15) is 10.6 Å². The molecule has 0 aliphatic rings. The maximum atomic E-state index is 11.7. The highest BCUT2D eigenvalue weighted by atomic mass is 32.2. The van der Waals surface area contributed by atoms with Crippen LogP contribution < -0.4 is 4.74 Å². The molecule has 0 aliphatic heterocycles. The first-order chi connectivity index (χ1) is 9.80. The average Bonchev–Trinajstić information content (AvgIpc) is 2.40. The monoisotopic (exact) mass is 307 g/mol. The van der Waals surface area contributed by atoms with Crippen LogP contribution in [0.15, 0.2) is 41.4 Å². The van der Waals surface area contributed by atoms with E-state index in [4.69, 9.17) is 9.84 Å². The summed E-state index contributed by atoms with van der Waals surface area (Å²) < 4.78 is 28.9. The number of hydrogen-bond donors (Lipinski definition) is 1. The summed E-state index contributed by atoms with van der Waals surface area (Å²) in [6.45, 7) is 1.59. The normalized spacial score (nSPS) is 11.1. The number of carboxylic acids is 1. The van der Waals surface area contributed by atoms with Crippen molar-refractivity contribution >= 4 is 15.8 Å². The van der Waals surface area contributed by atoms with E-state index in [0.717, 1.165) is 6.26 Å². The minimum atomic E-state index is -3.50. The molecule has 0 radical (unpaired) electrons. The molecule has 2 rings (SSSR count). The van der Waals surface area contributed by atoms with Crippen LogP contribution in [-0.2, 0) is 9.84 Å². The Kier molecular flexibility index (Phi) is 3.95. The molecule has 21 heavy (non-hydrogen) atoms. The molecule has 1 aromatic heterocycles. The summed E-state index contributed by atoms with van der Waals surface area (Å²) in [5, 5.41) is 9.07. The number of carbonyl (C=O) groups is 1. The van der Waals surface area contributed by atoms with Crippen molar-refractivity contribution < 1.29 is 23.1 Å². The number of benzene rings is 1. The molecule has 0 atom stereocenters. The summed E-state index contributed by atoms with van der Waals surface area (Å²) >= 11 is 0. The molecule has 1 heterocycles. The molecule has 0 saturated carbocycles. The summed E-state index contributed by atoms with van der Waals surface area (Å²) in [6, 6.07) is 7.40. The third-order valence-corrected chi connectivity index (χ3v) is 3.97. The fraction of sp³-hybridized carbons (Fsp3) is 0.143. The lowest BCUT2D eigenvalue weighted by molar-refractivity contribution is 0.0695. The number of hydrogen-bond acceptors (Lipinski definition) is 5. The summed E-state index contributed by atoms with van der Waals surface area (Å²) in [5.41, 5.74) is 0.486. The lowest BCUT2D eigenvalue weighted by atomic mass is 10.1. The van der Waals surface area contributed by atoms with Crippen LogP contribution in [0.25, 0.3) is 0 Å². The molecule has 7 heteroatoms. The van der Waals surface area contributed by atoms with Crippen molar-refractivity contribution in [3.05, 3.63) is 47.7 Å². The lowest BCUT2D eigenvalue weighted by Gasteiger charge is -2.11. The predicted molar refractivity (Wildman–Crippen MR) is 75.6 cm³/mol. The van der Waals surface area contributed by atoms with Crippen molar-refractivity contribution in [2.45, 2.75) is 11.8 Å². The Hall–Kier alpha value is -2.41. The fourth-order valence-electron chi connectivity index (χ4n) is 1.80. The van der Waals surface area contributed by atoms with Crippen LogP contribution in [0.5, 0.6) is 11.6 Å². The second-order valence-corrected chi connectivity index (χ2v) is 6.40. The lowest BCUT2D eigenvalue weighted by Crippen LogP contribution is -2.04.